The molecule has 0 saturated heterocycles. The minimum Gasteiger partial charge on any atom is -0.466 e. The average molecular weight is 236 g/mol. The van der Waals surface area contributed by atoms with Crippen molar-refractivity contribution in [2.24, 2.45) is 5.73 Å². The first-order valence-electron chi connectivity index (χ1n) is 5.16. The van der Waals surface area contributed by atoms with Gasteiger partial charge in [-0.2, -0.15) is 0 Å². The molecule has 84 valence electrons. The Hall–Kier alpha value is -1.25. The van der Waals surface area contributed by atoms with Crippen molar-refractivity contribution in [1.29, 1.82) is 0 Å². The minimum absolute atomic E-state index is 0.158. The SMILES string of the molecule is Cc1cc(C(N)c2ccc(Cl)cc2)c(C)o1. The van der Waals surface area contributed by atoms with Gasteiger partial charge in [0.2, 0.25) is 0 Å². The molecular formula is C13H14ClNO. The fourth-order valence-corrected chi connectivity index (χ4v) is 1.93. The highest BCUT2D eigenvalue weighted by Crippen LogP contribution is 2.26. The molecule has 0 spiro atoms. The summed E-state index contributed by atoms with van der Waals surface area (Å²) in [5, 5.41) is 0.719. The summed E-state index contributed by atoms with van der Waals surface area (Å²) in [6, 6.07) is 9.39. The van der Waals surface area contributed by atoms with Gasteiger partial charge in [0, 0.05) is 10.6 Å². The van der Waals surface area contributed by atoms with Crippen molar-refractivity contribution in [2.75, 3.05) is 0 Å². The van der Waals surface area contributed by atoms with E-state index in [1.54, 1.807) is 0 Å². The van der Waals surface area contributed by atoms with Crippen LogP contribution in [0.3, 0.4) is 0 Å². The minimum atomic E-state index is -0.158. The van der Waals surface area contributed by atoms with E-state index in [0.29, 0.717) is 0 Å². The molecule has 1 unspecified atom stereocenters. The van der Waals surface area contributed by atoms with Crippen LogP contribution in [0, 0.1) is 13.8 Å². The zero-order valence-corrected chi connectivity index (χ0v) is 10.1. The molecule has 1 aromatic heterocycles. The molecule has 0 amide bonds. The zero-order valence-electron chi connectivity index (χ0n) is 9.33. The maximum absolute atomic E-state index is 6.18. The Morgan fingerprint density at radius 2 is 1.81 bits per heavy atom. The largest absolute Gasteiger partial charge is 0.466 e. The maximum atomic E-state index is 6.18. The zero-order chi connectivity index (χ0) is 11.7. The lowest BCUT2D eigenvalue weighted by atomic mass is 10.0. The molecule has 1 aromatic carbocycles. The van der Waals surface area contributed by atoms with Crippen LogP contribution in [0.2, 0.25) is 5.02 Å². The second-order valence-corrected chi connectivity index (χ2v) is 4.33. The third kappa shape index (κ3) is 2.13. The van der Waals surface area contributed by atoms with Gasteiger partial charge in [-0.15, -0.1) is 0 Å². The first-order valence-corrected chi connectivity index (χ1v) is 5.53. The predicted molar refractivity (Wildman–Crippen MR) is 65.7 cm³/mol. The molecule has 1 atom stereocenters. The Morgan fingerprint density at radius 1 is 1.19 bits per heavy atom. The van der Waals surface area contributed by atoms with E-state index in [0.717, 1.165) is 27.7 Å². The lowest BCUT2D eigenvalue weighted by Gasteiger charge is -2.10. The molecule has 0 aliphatic rings. The molecule has 16 heavy (non-hydrogen) atoms. The van der Waals surface area contributed by atoms with Crippen LogP contribution in [0.15, 0.2) is 34.7 Å². The van der Waals surface area contributed by atoms with E-state index < -0.39 is 0 Å². The molecule has 1 heterocycles. The third-order valence-corrected chi connectivity index (χ3v) is 2.90. The third-order valence-electron chi connectivity index (χ3n) is 2.64. The average Bonchev–Trinajstić information content (AvgIpc) is 2.58. The molecule has 2 N–H and O–H groups in total. The molecule has 2 aromatic rings. The quantitative estimate of drug-likeness (QED) is 0.864. The van der Waals surface area contributed by atoms with E-state index >= 15 is 0 Å². The van der Waals surface area contributed by atoms with E-state index in [4.69, 9.17) is 21.8 Å². The molecule has 0 aliphatic heterocycles. The van der Waals surface area contributed by atoms with Crippen molar-refractivity contribution in [3.05, 3.63) is 58.0 Å². The van der Waals surface area contributed by atoms with Gasteiger partial charge in [-0.1, -0.05) is 23.7 Å². The summed E-state index contributed by atoms with van der Waals surface area (Å²) >= 11 is 5.84. The van der Waals surface area contributed by atoms with Gasteiger partial charge in [0.05, 0.1) is 6.04 Å². The van der Waals surface area contributed by atoms with Crippen LogP contribution in [-0.4, -0.2) is 0 Å². The molecule has 0 saturated carbocycles. The molecule has 2 nitrogen and oxygen atoms in total. The predicted octanol–water partition coefficient (Wildman–Crippen LogP) is 3.60. The lowest BCUT2D eigenvalue weighted by molar-refractivity contribution is 0.499. The molecule has 2 rings (SSSR count). The van der Waals surface area contributed by atoms with Crippen molar-refractivity contribution in [3.8, 4) is 0 Å². The molecule has 0 radical (unpaired) electrons. The molecule has 0 aliphatic carbocycles. The Kier molecular flexibility index (Phi) is 3.03. The van der Waals surface area contributed by atoms with Gasteiger partial charge in [-0.05, 0) is 37.6 Å². The maximum Gasteiger partial charge on any atom is 0.106 e. The smallest absolute Gasteiger partial charge is 0.106 e. The standard InChI is InChI=1S/C13H14ClNO/c1-8-7-12(9(2)16-8)13(15)10-3-5-11(14)6-4-10/h3-7,13H,15H2,1-2H3. The van der Waals surface area contributed by atoms with E-state index in [9.17, 15) is 0 Å². The summed E-state index contributed by atoms with van der Waals surface area (Å²) in [7, 11) is 0. The Labute approximate surface area is 100 Å². The van der Waals surface area contributed by atoms with Gasteiger partial charge < -0.3 is 10.2 Å². The molecule has 3 heteroatoms. The Bertz CT molecular complexity index is 487. The lowest BCUT2D eigenvalue weighted by Crippen LogP contribution is -2.11. The van der Waals surface area contributed by atoms with Crippen LogP contribution in [0.25, 0.3) is 0 Å². The summed E-state index contributed by atoms with van der Waals surface area (Å²) in [6.07, 6.45) is 0. The van der Waals surface area contributed by atoms with Crippen LogP contribution in [0.5, 0.6) is 0 Å². The van der Waals surface area contributed by atoms with Crippen molar-refractivity contribution in [3.63, 3.8) is 0 Å². The monoisotopic (exact) mass is 235 g/mol. The molecule has 0 bridgehead atoms. The van der Waals surface area contributed by atoms with Crippen molar-refractivity contribution in [2.45, 2.75) is 19.9 Å². The van der Waals surface area contributed by atoms with E-state index in [1.807, 2.05) is 44.2 Å². The fraction of sp³-hybridized carbons (Fsp3) is 0.231. The van der Waals surface area contributed by atoms with Crippen LogP contribution in [-0.2, 0) is 0 Å². The topological polar surface area (TPSA) is 39.2 Å². The van der Waals surface area contributed by atoms with Gasteiger partial charge in [0.1, 0.15) is 11.5 Å². The number of hydrogen-bond donors (Lipinski definition) is 1. The van der Waals surface area contributed by atoms with Gasteiger partial charge in [-0.25, -0.2) is 0 Å². The van der Waals surface area contributed by atoms with Crippen molar-refractivity contribution >= 4 is 11.6 Å². The van der Waals surface area contributed by atoms with Crippen LogP contribution in [0.1, 0.15) is 28.7 Å². The number of rotatable bonds is 2. The van der Waals surface area contributed by atoms with Gasteiger partial charge >= 0.3 is 0 Å². The normalized spacial score (nSPS) is 12.8. The fourth-order valence-electron chi connectivity index (χ4n) is 1.81. The summed E-state index contributed by atoms with van der Waals surface area (Å²) in [5.74, 6) is 1.76. The first kappa shape index (κ1) is 11.2. The van der Waals surface area contributed by atoms with Gasteiger partial charge in [-0.3, -0.25) is 0 Å². The van der Waals surface area contributed by atoms with Crippen LogP contribution < -0.4 is 5.73 Å². The van der Waals surface area contributed by atoms with E-state index in [-0.39, 0.29) is 6.04 Å². The van der Waals surface area contributed by atoms with Gasteiger partial charge in [0.25, 0.3) is 0 Å². The number of halogens is 1. The molecule has 0 fully saturated rings. The Morgan fingerprint density at radius 3 is 2.31 bits per heavy atom. The first-order chi connectivity index (χ1) is 7.58. The highest BCUT2D eigenvalue weighted by Gasteiger charge is 2.14. The van der Waals surface area contributed by atoms with Gasteiger partial charge in [0.15, 0.2) is 0 Å². The summed E-state index contributed by atoms with van der Waals surface area (Å²) in [6.45, 7) is 3.85. The second kappa shape index (κ2) is 4.32. The second-order valence-electron chi connectivity index (χ2n) is 3.90. The number of hydrogen-bond acceptors (Lipinski definition) is 2. The number of furan rings is 1. The number of aryl methyl sites for hydroxylation is 2. The Balaban J connectivity index is 2.35. The number of nitrogens with two attached hydrogens (primary N) is 1. The summed E-state index contributed by atoms with van der Waals surface area (Å²) in [4.78, 5) is 0. The molecular weight excluding hydrogens is 222 g/mol. The summed E-state index contributed by atoms with van der Waals surface area (Å²) < 4.78 is 5.47. The van der Waals surface area contributed by atoms with E-state index in [1.165, 1.54) is 0 Å². The van der Waals surface area contributed by atoms with Crippen molar-refractivity contribution < 1.29 is 4.42 Å². The van der Waals surface area contributed by atoms with Crippen LogP contribution >= 0.6 is 11.6 Å². The van der Waals surface area contributed by atoms with Crippen molar-refractivity contribution in [1.82, 2.24) is 0 Å². The highest BCUT2D eigenvalue weighted by molar-refractivity contribution is 6.30. The summed E-state index contributed by atoms with van der Waals surface area (Å²) in [5.41, 5.74) is 8.24. The number of benzene rings is 1. The van der Waals surface area contributed by atoms with Crippen LogP contribution in [0.4, 0.5) is 0 Å². The van der Waals surface area contributed by atoms with E-state index in [2.05, 4.69) is 0 Å². The highest BCUT2D eigenvalue weighted by atomic mass is 35.5.